The summed E-state index contributed by atoms with van der Waals surface area (Å²) in [6.07, 6.45) is 4.48. The quantitative estimate of drug-likeness (QED) is 0.816. The summed E-state index contributed by atoms with van der Waals surface area (Å²) in [5, 5.41) is 4.00. The number of nitrogens with two attached hydrogens (primary N) is 1. The second-order valence-corrected chi connectivity index (χ2v) is 4.91. The Bertz CT molecular complexity index is 586. The number of hydrogen-bond acceptors (Lipinski definition) is 6. The van der Waals surface area contributed by atoms with Crippen molar-refractivity contribution in [1.82, 2.24) is 19.7 Å². The van der Waals surface area contributed by atoms with Crippen molar-refractivity contribution >= 4 is 11.8 Å². The van der Waals surface area contributed by atoms with Gasteiger partial charge in [0.15, 0.2) is 0 Å². The Labute approximate surface area is 110 Å². The van der Waals surface area contributed by atoms with Crippen LogP contribution < -0.4 is 5.73 Å². The molecule has 0 aliphatic rings. The number of nitrogen functional groups attached to an aromatic ring is 1. The summed E-state index contributed by atoms with van der Waals surface area (Å²) < 4.78 is 6.53. The second-order valence-electron chi connectivity index (χ2n) is 4.91. The highest BCUT2D eigenvalue weighted by atomic mass is 16.6. The van der Waals surface area contributed by atoms with E-state index < -0.39 is 11.6 Å². The lowest BCUT2D eigenvalue weighted by Gasteiger charge is -2.19. The number of nitrogens with zero attached hydrogens (tertiary/aromatic N) is 4. The van der Waals surface area contributed by atoms with E-state index in [1.165, 1.54) is 10.9 Å². The SMILES string of the molecule is CC(C)(C)OC(=O)c1cnn(-c2ncccn2)c1N. The third-order valence-corrected chi connectivity index (χ3v) is 2.17. The molecule has 0 amide bonds. The highest BCUT2D eigenvalue weighted by Crippen LogP contribution is 2.18. The molecule has 100 valence electrons. The number of anilines is 1. The predicted molar refractivity (Wildman–Crippen MR) is 68.7 cm³/mol. The van der Waals surface area contributed by atoms with Gasteiger partial charge >= 0.3 is 5.97 Å². The average Bonchev–Trinajstić information content (AvgIpc) is 2.70. The zero-order chi connectivity index (χ0) is 14.0. The fraction of sp³-hybridized carbons (Fsp3) is 0.333. The van der Waals surface area contributed by atoms with Gasteiger partial charge < -0.3 is 10.5 Å². The highest BCUT2D eigenvalue weighted by molar-refractivity contribution is 5.94. The maximum absolute atomic E-state index is 11.9. The highest BCUT2D eigenvalue weighted by Gasteiger charge is 2.23. The lowest BCUT2D eigenvalue weighted by atomic mass is 10.2. The van der Waals surface area contributed by atoms with E-state index in [0.717, 1.165) is 0 Å². The van der Waals surface area contributed by atoms with Gasteiger partial charge in [-0.3, -0.25) is 0 Å². The minimum Gasteiger partial charge on any atom is -0.456 e. The molecule has 2 heterocycles. The first-order valence-corrected chi connectivity index (χ1v) is 5.73. The standard InChI is InChI=1S/C12H15N5O2/c1-12(2,3)19-10(18)8-7-16-17(9(8)13)11-14-5-4-6-15-11/h4-7H,13H2,1-3H3. The molecule has 0 unspecified atom stereocenters. The lowest BCUT2D eigenvalue weighted by molar-refractivity contribution is 0.00708. The van der Waals surface area contributed by atoms with E-state index >= 15 is 0 Å². The Morgan fingerprint density at radius 2 is 1.95 bits per heavy atom. The number of carbonyl (C=O) groups excluding carboxylic acids is 1. The van der Waals surface area contributed by atoms with Gasteiger partial charge in [-0.2, -0.15) is 9.78 Å². The van der Waals surface area contributed by atoms with Gasteiger partial charge in [0.25, 0.3) is 5.95 Å². The van der Waals surface area contributed by atoms with Gasteiger partial charge in [-0.1, -0.05) is 0 Å². The Morgan fingerprint density at radius 1 is 1.32 bits per heavy atom. The summed E-state index contributed by atoms with van der Waals surface area (Å²) in [6, 6.07) is 1.68. The zero-order valence-corrected chi connectivity index (χ0v) is 11.0. The molecule has 7 heteroatoms. The maximum Gasteiger partial charge on any atom is 0.344 e. The first-order valence-electron chi connectivity index (χ1n) is 5.73. The van der Waals surface area contributed by atoms with Gasteiger partial charge in [-0.25, -0.2) is 14.8 Å². The summed E-state index contributed by atoms with van der Waals surface area (Å²) in [4.78, 5) is 20.0. The monoisotopic (exact) mass is 261 g/mol. The third-order valence-electron chi connectivity index (χ3n) is 2.17. The van der Waals surface area contributed by atoms with Crippen LogP contribution in [0.4, 0.5) is 5.82 Å². The van der Waals surface area contributed by atoms with Crippen LogP contribution in [0.2, 0.25) is 0 Å². The van der Waals surface area contributed by atoms with E-state index in [-0.39, 0.29) is 11.4 Å². The van der Waals surface area contributed by atoms with Crippen molar-refractivity contribution < 1.29 is 9.53 Å². The Kier molecular flexibility index (Phi) is 3.20. The molecule has 0 radical (unpaired) electrons. The number of hydrogen-bond donors (Lipinski definition) is 1. The van der Waals surface area contributed by atoms with E-state index in [4.69, 9.17) is 10.5 Å². The minimum absolute atomic E-state index is 0.153. The van der Waals surface area contributed by atoms with Crippen LogP contribution in [0, 0.1) is 0 Å². The van der Waals surface area contributed by atoms with Gasteiger partial charge in [0.2, 0.25) is 0 Å². The third kappa shape index (κ3) is 2.87. The number of ether oxygens (including phenoxy) is 1. The van der Waals surface area contributed by atoms with Crippen LogP contribution in [0.5, 0.6) is 0 Å². The Morgan fingerprint density at radius 3 is 2.53 bits per heavy atom. The average molecular weight is 261 g/mol. The molecule has 0 saturated heterocycles. The topological polar surface area (TPSA) is 95.9 Å². The molecule has 19 heavy (non-hydrogen) atoms. The molecular weight excluding hydrogens is 246 g/mol. The first-order chi connectivity index (χ1) is 8.88. The lowest BCUT2D eigenvalue weighted by Crippen LogP contribution is -2.24. The van der Waals surface area contributed by atoms with Crippen molar-refractivity contribution in [3.05, 3.63) is 30.2 Å². The zero-order valence-electron chi connectivity index (χ0n) is 11.0. The molecule has 0 aliphatic heterocycles. The molecule has 7 nitrogen and oxygen atoms in total. The number of carbonyl (C=O) groups is 1. The van der Waals surface area contributed by atoms with Crippen LogP contribution in [0.15, 0.2) is 24.7 Å². The summed E-state index contributed by atoms with van der Waals surface area (Å²) in [5.74, 6) is -0.0672. The number of esters is 1. The molecule has 0 spiro atoms. The molecule has 2 aromatic rings. The largest absolute Gasteiger partial charge is 0.456 e. The molecular formula is C12H15N5O2. The molecule has 2 rings (SSSR count). The van der Waals surface area contributed by atoms with Crippen molar-refractivity contribution in [3.8, 4) is 5.95 Å². The Balaban J connectivity index is 2.31. The van der Waals surface area contributed by atoms with Crippen LogP contribution in [-0.2, 0) is 4.74 Å². The van der Waals surface area contributed by atoms with Crippen molar-refractivity contribution in [2.45, 2.75) is 26.4 Å². The van der Waals surface area contributed by atoms with Gasteiger partial charge in [0.05, 0.1) is 6.20 Å². The molecule has 0 fully saturated rings. The van der Waals surface area contributed by atoms with Crippen molar-refractivity contribution in [2.75, 3.05) is 5.73 Å². The number of aromatic nitrogens is 4. The van der Waals surface area contributed by atoms with Crippen LogP contribution in [-0.4, -0.2) is 31.3 Å². The molecule has 0 aromatic carbocycles. The molecule has 2 N–H and O–H groups in total. The molecule has 0 atom stereocenters. The molecule has 0 saturated carbocycles. The Hall–Kier alpha value is -2.44. The summed E-state index contributed by atoms with van der Waals surface area (Å²) in [5.41, 5.74) is 5.48. The summed E-state index contributed by atoms with van der Waals surface area (Å²) in [7, 11) is 0. The van der Waals surface area contributed by atoms with Gasteiger partial charge in [-0.05, 0) is 26.8 Å². The normalized spacial score (nSPS) is 11.3. The number of rotatable bonds is 2. The van der Waals surface area contributed by atoms with E-state index in [1.54, 1.807) is 39.2 Å². The van der Waals surface area contributed by atoms with Gasteiger partial charge in [0, 0.05) is 12.4 Å². The van der Waals surface area contributed by atoms with Crippen molar-refractivity contribution in [3.63, 3.8) is 0 Å². The first kappa shape index (κ1) is 13.0. The van der Waals surface area contributed by atoms with E-state index in [2.05, 4.69) is 15.1 Å². The van der Waals surface area contributed by atoms with Crippen molar-refractivity contribution in [1.29, 1.82) is 0 Å². The molecule has 2 aromatic heterocycles. The fourth-order valence-electron chi connectivity index (χ4n) is 1.41. The second kappa shape index (κ2) is 4.68. The summed E-state index contributed by atoms with van der Waals surface area (Å²) >= 11 is 0. The van der Waals surface area contributed by atoms with Crippen LogP contribution in [0.1, 0.15) is 31.1 Å². The molecule has 0 bridgehead atoms. The van der Waals surface area contributed by atoms with Crippen LogP contribution in [0.25, 0.3) is 5.95 Å². The van der Waals surface area contributed by atoms with Crippen LogP contribution in [0.3, 0.4) is 0 Å². The van der Waals surface area contributed by atoms with Crippen LogP contribution >= 0.6 is 0 Å². The smallest absolute Gasteiger partial charge is 0.344 e. The van der Waals surface area contributed by atoms with E-state index in [9.17, 15) is 4.79 Å². The molecule has 0 aliphatic carbocycles. The maximum atomic E-state index is 11.9. The van der Waals surface area contributed by atoms with Gasteiger partial charge in [-0.15, -0.1) is 0 Å². The summed E-state index contributed by atoms with van der Waals surface area (Å²) in [6.45, 7) is 5.35. The predicted octanol–water partition coefficient (Wildman–Crippen LogP) is 1.20. The van der Waals surface area contributed by atoms with Gasteiger partial charge in [0.1, 0.15) is 17.0 Å². The van der Waals surface area contributed by atoms with E-state index in [0.29, 0.717) is 5.95 Å². The fourth-order valence-corrected chi connectivity index (χ4v) is 1.41. The minimum atomic E-state index is -0.588. The van der Waals surface area contributed by atoms with E-state index in [1.807, 2.05) is 0 Å². The van der Waals surface area contributed by atoms with Crippen molar-refractivity contribution in [2.24, 2.45) is 0 Å².